The van der Waals surface area contributed by atoms with E-state index in [0.29, 0.717) is 13.0 Å². The van der Waals surface area contributed by atoms with Gasteiger partial charge in [-0.25, -0.2) is 4.98 Å². The van der Waals surface area contributed by atoms with Crippen molar-refractivity contribution < 1.29 is 4.79 Å². The summed E-state index contributed by atoms with van der Waals surface area (Å²) < 4.78 is 1.16. The summed E-state index contributed by atoms with van der Waals surface area (Å²) in [5.41, 5.74) is 2.59. The van der Waals surface area contributed by atoms with E-state index in [1.54, 1.807) is 22.7 Å². The highest BCUT2D eigenvalue weighted by Crippen LogP contribution is 2.34. The summed E-state index contributed by atoms with van der Waals surface area (Å²) in [5, 5.41) is 3.08. The number of thiazole rings is 1. The van der Waals surface area contributed by atoms with Crippen LogP contribution in [0.2, 0.25) is 0 Å². The first-order valence-corrected chi connectivity index (χ1v) is 11.4. The fourth-order valence-corrected chi connectivity index (χ4v) is 5.76. The summed E-state index contributed by atoms with van der Waals surface area (Å²) in [6.07, 6.45) is 0.586. The minimum Gasteiger partial charge on any atom is -0.340 e. The van der Waals surface area contributed by atoms with Gasteiger partial charge < -0.3 is 4.90 Å². The number of amides is 1. The molecule has 0 spiro atoms. The van der Waals surface area contributed by atoms with Crippen molar-refractivity contribution in [3.8, 4) is 0 Å². The predicted molar refractivity (Wildman–Crippen MR) is 123 cm³/mol. The number of benzene rings is 2. The number of nitrogens with zero attached hydrogens (tertiary/aromatic N) is 2. The van der Waals surface area contributed by atoms with Crippen LogP contribution in [0.4, 0.5) is 0 Å². The molecule has 2 aromatic heterocycles. The highest BCUT2D eigenvalue weighted by Gasteiger charge is 2.38. The Balaban J connectivity index is 1.68. The molecule has 2 heterocycles. The van der Waals surface area contributed by atoms with Gasteiger partial charge in [0.25, 0.3) is 0 Å². The molecule has 29 heavy (non-hydrogen) atoms. The van der Waals surface area contributed by atoms with E-state index in [1.165, 1.54) is 10.4 Å². The third-order valence-corrected chi connectivity index (χ3v) is 7.47. The number of thiophene rings is 1. The maximum Gasteiger partial charge on any atom is 0.233 e. The molecule has 148 valence electrons. The first kappa shape index (κ1) is 19.8. The number of aromatic nitrogens is 1. The molecule has 1 atom stereocenters. The Bertz CT molecular complexity index is 1100. The number of carbonyl (C=O) groups is 1. The lowest BCUT2D eigenvalue weighted by molar-refractivity contribution is -0.136. The van der Waals surface area contributed by atoms with Crippen molar-refractivity contribution in [1.29, 1.82) is 0 Å². The van der Waals surface area contributed by atoms with Crippen molar-refractivity contribution in [3.63, 3.8) is 0 Å². The number of hydrogen-bond donors (Lipinski definition) is 0. The van der Waals surface area contributed by atoms with Gasteiger partial charge in [-0.2, -0.15) is 0 Å². The topological polar surface area (TPSA) is 33.2 Å². The van der Waals surface area contributed by atoms with Crippen LogP contribution in [0.25, 0.3) is 10.2 Å². The number of hydrogen-bond acceptors (Lipinski definition) is 4. The van der Waals surface area contributed by atoms with Crippen LogP contribution in [0, 0.1) is 6.92 Å². The lowest BCUT2D eigenvalue weighted by Gasteiger charge is -2.32. The van der Waals surface area contributed by atoms with Crippen molar-refractivity contribution in [3.05, 3.63) is 87.1 Å². The van der Waals surface area contributed by atoms with Gasteiger partial charge in [0.15, 0.2) is 0 Å². The van der Waals surface area contributed by atoms with Crippen LogP contribution < -0.4 is 0 Å². The van der Waals surface area contributed by atoms with Gasteiger partial charge in [-0.05, 0) is 48.6 Å². The maximum atomic E-state index is 13.7. The smallest absolute Gasteiger partial charge is 0.233 e. The van der Waals surface area contributed by atoms with Crippen molar-refractivity contribution in [2.24, 2.45) is 0 Å². The molecule has 0 fully saturated rings. The van der Waals surface area contributed by atoms with E-state index in [9.17, 15) is 4.79 Å². The molecule has 4 rings (SSSR count). The van der Waals surface area contributed by atoms with Crippen LogP contribution in [0.3, 0.4) is 0 Å². The van der Waals surface area contributed by atoms with Crippen LogP contribution in [0.15, 0.2) is 66.0 Å². The molecule has 0 saturated carbocycles. The highest BCUT2D eigenvalue weighted by atomic mass is 32.1. The Kier molecular flexibility index (Phi) is 5.52. The Morgan fingerprint density at radius 1 is 1.07 bits per heavy atom. The molecule has 0 radical (unpaired) electrons. The van der Waals surface area contributed by atoms with Crippen LogP contribution >= 0.6 is 22.7 Å². The third-order valence-electron chi connectivity index (χ3n) is 5.42. The van der Waals surface area contributed by atoms with Gasteiger partial charge in [0.1, 0.15) is 0 Å². The number of likely N-dealkylation sites (N-methyl/N-ethyl adjacent to an activating group) is 1. The first-order chi connectivity index (χ1) is 14.0. The van der Waals surface area contributed by atoms with Gasteiger partial charge in [0, 0.05) is 18.3 Å². The molecular weight excluding hydrogens is 396 g/mol. The molecule has 0 N–H and O–H groups in total. The summed E-state index contributed by atoms with van der Waals surface area (Å²) in [6, 6.07) is 20.4. The van der Waals surface area contributed by atoms with Crippen molar-refractivity contribution in [2.75, 3.05) is 7.05 Å². The Labute approximate surface area is 179 Å². The second kappa shape index (κ2) is 8.09. The molecule has 5 heteroatoms. The maximum absolute atomic E-state index is 13.7. The fourth-order valence-electron chi connectivity index (χ4n) is 3.68. The van der Waals surface area contributed by atoms with E-state index in [4.69, 9.17) is 4.98 Å². The highest BCUT2D eigenvalue weighted by molar-refractivity contribution is 7.18. The van der Waals surface area contributed by atoms with E-state index >= 15 is 0 Å². The Hall–Kier alpha value is -2.50. The number of aryl methyl sites for hydroxylation is 1. The van der Waals surface area contributed by atoms with Crippen LogP contribution in [-0.4, -0.2) is 22.8 Å². The second-order valence-electron chi connectivity index (χ2n) is 7.64. The first-order valence-electron chi connectivity index (χ1n) is 9.66. The number of para-hydroxylation sites is 1. The van der Waals surface area contributed by atoms with E-state index < -0.39 is 5.41 Å². The summed E-state index contributed by atoms with van der Waals surface area (Å²) in [7, 11) is 1.90. The molecule has 0 aliphatic rings. The van der Waals surface area contributed by atoms with Gasteiger partial charge in [-0.1, -0.05) is 42.5 Å². The van der Waals surface area contributed by atoms with Gasteiger partial charge in [0.05, 0.1) is 27.2 Å². The second-order valence-corrected chi connectivity index (χ2v) is 9.75. The molecule has 2 aromatic carbocycles. The van der Waals surface area contributed by atoms with Gasteiger partial charge in [-0.3, -0.25) is 4.79 Å². The zero-order valence-corrected chi connectivity index (χ0v) is 18.5. The standard InChI is InChI=1S/C24H24N2OS2/c1-17-13-14-28-21(17)16-26(3)23(27)24(2,18-9-5-4-6-10-18)15-22-25-19-11-7-8-12-20(19)29-22/h4-14H,15-16H2,1-3H3. The monoisotopic (exact) mass is 420 g/mol. The van der Waals surface area contributed by atoms with Crippen molar-refractivity contribution in [2.45, 2.75) is 32.2 Å². The fraction of sp³-hybridized carbons (Fsp3) is 0.250. The normalized spacial score (nSPS) is 13.3. The van der Waals surface area contributed by atoms with Gasteiger partial charge in [-0.15, -0.1) is 22.7 Å². The van der Waals surface area contributed by atoms with E-state index in [-0.39, 0.29) is 5.91 Å². The number of carbonyl (C=O) groups excluding carboxylic acids is 1. The average Bonchev–Trinajstić information content (AvgIpc) is 3.33. The lowest BCUT2D eigenvalue weighted by Crippen LogP contribution is -2.44. The van der Waals surface area contributed by atoms with E-state index in [2.05, 4.69) is 43.5 Å². The molecule has 1 unspecified atom stereocenters. The zero-order valence-electron chi connectivity index (χ0n) is 16.9. The average molecular weight is 421 g/mol. The van der Waals surface area contributed by atoms with E-state index in [0.717, 1.165) is 20.8 Å². The van der Waals surface area contributed by atoms with Crippen LogP contribution in [0.5, 0.6) is 0 Å². The molecular formula is C24H24N2OS2. The molecule has 4 aromatic rings. The Morgan fingerprint density at radius 2 is 1.79 bits per heavy atom. The molecule has 1 amide bonds. The minimum absolute atomic E-state index is 0.121. The molecule has 0 saturated heterocycles. The molecule has 0 aliphatic carbocycles. The number of rotatable bonds is 6. The quantitative estimate of drug-likeness (QED) is 0.393. The summed E-state index contributed by atoms with van der Waals surface area (Å²) in [6.45, 7) is 4.78. The lowest BCUT2D eigenvalue weighted by atomic mass is 9.78. The van der Waals surface area contributed by atoms with Gasteiger partial charge in [0.2, 0.25) is 5.91 Å². The van der Waals surface area contributed by atoms with E-state index in [1.807, 2.05) is 48.3 Å². The molecule has 0 aliphatic heterocycles. The predicted octanol–water partition coefficient (Wildman–Crippen LogP) is 5.83. The minimum atomic E-state index is -0.672. The summed E-state index contributed by atoms with van der Waals surface area (Å²) >= 11 is 3.38. The van der Waals surface area contributed by atoms with Crippen molar-refractivity contribution in [1.82, 2.24) is 9.88 Å². The largest absolute Gasteiger partial charge is 0.340 e. The molecule has 0 bridgehead atoms. The van der Waals surface area contributed by atoms with Gasteiger partial charge >= 0.3 is 0 Å². The zero-order chi connectivity index (χ0) is 20.4. The summed E-state index contributed by atoms with van der Waals surface area (Å²) in [5.74, 6) is 0.121. The van der Waals surface area contributed by atoms with Crippen LogP contribution in [0.1, 0.15) is 27.9 Å². The number of fused-ring (bicyclic) bond motifs is 1. The summed E-state index contributed by atoms with van der Waals surface area (Å²) in [4.78, 5) is 21.6. The molecule has 3 nitrogen and oxygen atoms in total. The Morgan fingerprint density at radius 3 is 2.48 bits per heavy atom. The van der Waals surface area contributed by atoms with Crippen LogP contribution in [-0.2, 0) is 23.2 Å². The third kappa shape index (κ3) is 3.98. The SMILES string of the molecule is Cc1ccsc1CN(C)C(=O)C(C)(Cc1nc2ccccc2s1)c1ccccc1. The van der Waals surface area contributed by atoms with Crippen molar-refractivity contribution >= 4 is 38.8 Å².